The molecule has 2 saturated heterocycles. The Hall–Kier alpha value is -2.41. The third-order valence-corrected chi connectivity index (χ3v) is 6.64. The van der Waals surface area contributed by atoms with Gasteiger partial charge in [0.25, 0.3) is 5.91 Å². The molecule has 0 aromatic heterocycles. The summed E-state index contributed by atoms with van der Waals surface area (Å²) in [4.78, 5) is 26.9. The van der Waals surface area contributed by atoms with E-state index < -0.39 is 0 Å². The fourth-order valence-electron chi connectivity index (χ4n) is 5.45. The van der Waals surface area contributed by atoms with Crippen molar-refractivity contribution in [3.05, 3.63) is 53.1 Å². The highest BCUT2D eigenvalue weighted by molar-refractivity contribution is 6.32. The van der Waals surface area contributed by atoms with Crippen LogP contribution in [0.1, 0.15) is 57.3 Å². The largest absolute Gasteiger partial charge is 0.456 e. The molecular formula is C27H33ClN2O4. The molecule has 6 nitrogen and oxygen atoms in total. The highest BCUT2D eigenvalue weighted by Gasteiger charge is 2.38. The smallest absolute Gasteiger partial charge is 0.253 e. The molecule has 0 radical (unpaired) electrons. The van der Waals surface area contributed by atoms with Crippen LogP contribution in [0.15, 0.2) is 42.5 Å². The number of nitrogens with zero attached hydrogens (tertiary/aromatic N) is 1. The molecule has 182 valence electrons. The number of nitrogens with one attached hydrogen (secondary N) is 1. The Kier molecular flexibility index (Phi) is 7.04. The number of halogens is 1. The van der Waals surface area contributed by atoms with Crippen molar-refractivity contribution in [2.24, 2.45) is 5.92 Å². The van der Waals surface area contributed by atoms with Crippen molar-refractivity contribution in [1.29, 1.82) is 0 Å². The van der Waals surface area contributed by atoms with E-state index in [1.807, 2.05) is 18.2 Å². The van der Waals surface area contributed by atoms with Crippen LogP contribution in [0.5, 0.6) is 11.5 Å². The molecule has 2 aromatic rings. The minimum absolute atomic E-state index is 0.00239. The van der Waals surface area contributed by atoms with E-state index in [-0.39, 0.29) is 29.4 Å². The summed E-state index contributed by atoms with van der Waals surface area (Å²) in [5.41, 5.74) is 1.35. The fourth-order valence-corrected chi connectivity index (χ4v) is 5.67. The zero-order chi connectivity index (χ0) is 24.5. The van der Waals surface area contributed by atoms with E-state index in [0.29, 0.717) is 47.6 Å². The average Bonchev–Trinajstić information content (AvgIpc) is 2.73. The van der Waals surface area contributed by atoms with Crippen molar-refractivity contribution in [2.45, 2.75) is 58.0 Å². The number of benzene rings is 2. The topological polar surface area (TPSA) is 67.9 Å². The third-order valence-electron chi connectivity index (χ3n) is 6.35. The maximum absolute atomic E-state index is 13.0. The molecule has 2 aliphatic heterocycles. The van der Waals surface area contributed by atoms with Crippen LogP contribution in [0.25, 0.3) is 0 Å². The molecule has 1 amide bonds. The second-order valence-corrected chi connectivity index (χ2v) is 11.0. The second kappa shape index (κ2) is 9.68. The van der Waals surface area contributed by atoms with E-state index in [9.17, 15) is 9.59 Å². The molecule has 1 N–H and O–H groups in total. The van der Waals surface area contributed by atoms with Crippen molar-refractivity contribution in [2.75, 3.05) is 24.7 Å². The lowest BCUT2D eigenvalue weighted by Crippen LogP contribution is -2.57. The van der Waals surface area contributed by atoms with Gasteiger partial charge in [0.1, 0.15) is 18.1 Å². The average molecular weight is 485 g/mol. The number of hydrogen-bond donors (Lipinski definition) is 1. The highest BCUT2D eigenvalue weighted by Crippen LogP contribution is 2.36. The summed E-state index contributed by atoms with van der Waals surface area (Å²) >= 11 is 6.50. The molecule has 2 aromatic carbocycles. The van der Waals surface area contributed by atoms with Crippen LogP contribution in [0.2, 0.25) is 5.02 Å². The summed E-state index contributed by atoms with van der Waals surface area (Å²) in [7, 11) is 0. The number of carbonyl (C=O) groups excluding carboxylic acids is 2. The zero-order valence-corrected chi connectivity index (χ0v) is 21.1. The number of piperidine rings is 1. The van der Waals surface area contributed by atoms with Crippen LogP contribution in [0.4, 0.5) is 5.69 Å². The molecule has 7 heteroatoms. The van der Waals surface area contributed by atoms with Gasteiger partial charge in [-0.1, -0.05) is 17.7 Å². The molecule has 2 fully saturated rings. The summed E-state index contributed by atoms with van der Waals surface area (Å²) in [5, 5.41) is 4.04. The quantitative estimate of drug-likeness (QED) is 0.538. The lowest BCUT2D eigenvalue weighted by molar-refractivity contribution is -0.125. The molecule has 0 bridgehead atoms. The Morgan fingerprint density at radius 2 is 1.88 bits per heavy atom. The molecule has 0 unspecified atom stereocenters. The Morgan fingerprint density at radius 3 is 2.56 bits per heavy atom. The molecule has 0 aliphatic carbocycles. The van der Waals surface area contributed by atoms with E-state index in [2.05, 4.69) is 33.0 Å². The van der Waals surface area contributed by atoms with Crippen LogP contribution >= 0.6 is 11.6 Å². The fraction of sp³-hybridized carbons (Fsp3) is 0.481. The maximum Gasteiger partial charge on any atom is 0.253 e. The number of morpholine rings is 1. The molecule has 0 atom stereocenters. The number of anilines is 1. The minimum atomic E-state index is -0.0789. The first-order valence-electron chi connectivity index (χ1n) is 11.8. The summed E-state index contributed by atoms with van der Waals surface area (Å²) < 4.78 is 11.2. The number of ether oxygens (including phenoxy) is 2. The number of hydrogen-bond acceptors (Lipinski definition) is 5. The van der Waals surface area contributed by atoms with Crippen molar-refractivity contribution >= 4 is 29.0 Å². The Balaban J connectivity index is 1.44. The molecule has 34 heavy (non-hydrogen) atoms. The van der Waals surface area contributed by atoms with Gasteiger partial charge >= 0.3 is 0 Å². The Morgan fingerprint density at radius 1 is 1.15 bits per heavy atom. The van der Waals surface area contributed by atoms with Gasteiger partial charge in [0.05, 0.1) is 11.6 Å². The van der Waals surface area contributed by atoms with Gasteiger partial charge < -0.3 is 19.7 Å². The number of amides is 1. The first-order chi connectivity index (χ1) is 16.0. The lowest BCUT2D eigenvalue weighted by Gasteiger charge is -2.46. The van der Waals surface area contributed by atoms with Crippen molar-refractivity contribution in [3.8, 4) is 11.5 Å². The van der Waals surface area contributed by atoms with Gasteiger partial charge in [-0.2, -0.15) is 0 Å². The van der Waals surface area contributed by atoms with Crippen LogP contribution in [0.3, 0.4) is 0 Å². The van der Waals surface area contributed by atoms with E-state index in [1.165, 1.54) is 0 Å². The monoisotopic (exact) mass is 484 g/mol. The predicted octanol–water partition coefficient (Wildman–Crippen LogP) is 5.63. The molecule has 4 rings (SSSR count). The standard InChI is InChI=1S/C27H33ClN2O4/c1-26(2)15-18(16-27(3,4)29-26)12-23(31)19-8-9-24(22(28)13-19)34-21-7-5-6-20(14-21)30-10-11-33-17-25(30)32/h5-9,13-14,18,29H,10-12,15-17H2,1-4H3. The van der Waals surface area contributed by atoms with Gasteiger partial charge in [-0.15, -0.1) is 0 Å². The Bertz CT molecular complexity index is 1070. The van der Waals surface area contributed by atoms with E-state index in [4.69, 9.17) is 21.1 Å². The van der Waals surface area contributed by atoms with Crippen LogP contribution in [-0.2, 0) is 9.53 Å². The number of ketones is 1. The number of Topliss-reactive ketones (excluding diaryl/α,β-unsaturated/α-hetero) is 1. The first-order valence-corrected chi connectivity index (χ1v) is 12.2. The molecule has 2 heterocycles. The summed E-state index contributed by atoms with van der Waals surface area (Å²) in [6.45, 7) is 9.86. The van der Waals surface area contributed by atoms with Crippen LogP contribution < -0.4 is 15.0 Å². The normalized spacial score (nSPS) is 20.3. The van der Waals surface area contributed by atoms with E-state index in [0.717, 1.165) is 18.5 Å². The van der Waals surface area contributed by atoms with Gasteiger partial charge in [0, 0.05) is 41.4 Å². The van der Waals surface area contributed by atoms with Gasteiger partial charge in [-0.25, -0.2) is 0 Å². The van der Waals surface area contributed by atoms with Crippen molar-refractivity contribution in [3.63, 3.8) is 0 Å². The van der Waals surface area contributed by atoms with Crippen molar-refractivity contribution in [1.82, 2.24) is 5.32 Å². The van der Waals surface area contributed by atoms with Crippen LogP contribution in [0, 0.1) is 5.92 Å². The SMILES string of the molecule is CC1(C)CC(CC(=O)c2ccc(Oc3cccc(N4CCOCC4=O)c3)c(Cl)c2)CC(C)(C)N1. The Labute approximate surface area is 206 Å². The first kappa shape index (κ1) is 24.7. The highest BCUT2D eigenvalue weighted by atomic mass is 35.5. The number of rotatable bonds is 6. The summed E-state index contributed by atoms with van der Waals surface area (Å²) in [6, 6.07) is 12.5. The number of carbonyl (C=O) groups is 2. The minimum Gasteiger partial charge on any atom is -0.456 e. The van der Waals surface area contributed by atoms with Gasteiger partial charge in [0.15, 0.2) is 5.78 Å². The maximum atomic E-state index is 13.0. The second-order valence-electron chi connectivity index (χ2n) is 10.6. The predicted molar refractivity (Wildman–Crippen MR) is 134 cm³/mol. The van der Waals surface area contributed by atoms with Crippen LogP contribution in [-0.4, -0.2) is 42.5 Å². The van der Waals surface area contributed by atoms with Gasteiger partial charge in [-0.3, -0.25) is 9.59 Å². The van der Waals surface area contributed by atoms with E-state index >= 15 is 0 Å². The van der Waals surface area contributed by atoms with Crippen molar-refractivity contribution < 1.29 is 19.1 Å². The third kappa shape index (κ3) is 5.98. The lowest BCUT2D eigenvalue weighted by atomic mass is 9.74. The zero-order valence-electron chi connectivity index (χ0n) is 20.3. The molecule has 2 aliphatic rings. The summed E-state index contributed by atoms with van der Waals surface area (Å²) in [6.07, 6.45) is 2.42. The van der Waals surface area contributed by atoms with Gasteiger partial charge in [-0.05, 0) is 76.8 Å². The van der Waals surface area contributed by atoms with E-state index in [1.54, 1.807) is 29.2 Å². The summed E-state index contributed by atoms with van der Waals surface area (Å²) in [5.74, 6) is 1.37. The molecule has 0 spiro atoms. The molecule has 0 saturated carbocycles. The molecular weight excluding hydrogens is 452 g/mol. The van der Waals surface area contributed by atoms with Gasteiger partial charge in [0.2, 0.25) is 0 Å².